The predicted octanol–water partition coefficient (Wildman–Crippen LogP) is 5.24. The zero-order valence-electron chi connectivity index (χ0n) is 12.0. The molecular formula is C13H29ClOSi2. The zero-order chi connectivity index (χ0) is 13.1. The van der Waals surface area contributed by atoms with E-state index in [0.29, 0.717) is 15.3 Å². The lowest BCUT2D eigenvalue weighted by Crippen LogP contribution is -2.26. The molecule has 1 atom stereocenters. The third kappa shape index (κ3) is 10.3. The van der Waals surface area contributed by atoms with Crippen molar-refractivity contribution in [2.75, 3.05) is 6.61 Å². The van der Waals surface area contributed by atoms with Crippen LogP contribution >= 0.6 is 11.1 Å². The molecule has 1 unspecified atom stereocenters. The van der Waals surface area contributed by atoms with Gasteiger partial charge in [-0.05, 0) is 24.1 Å². The van der Waals surface area contributed by atoms with Gasteiger partial charge in [-0.15, -0.1) is 0 Å². The van der Waals surface area contributed by atoms with Crippen LogP contribution in [-0.2, 0) is 4.43 Å². The maximum atomic E-state index is 6.55. The molecule has 0 rings (SSSR count). The fourth-order valence-electron chi connectivity index (χ4n) is 1.55. The van der Waals surface area contributed by atoms with E-state index in [1.54, 1.807) is 0 Å². The maximum Gasteiger partial charge on any atom is 0.229 e. The molecule has 0 aromatic carbocycles. The van der Waals surface area contributed by atoms with Crippen LogP contribution in [-0.4, -0.2) is 23.8 Å². The van der Waals surface area contributed by atoms with Crippen molar-refractivity contribution in [3.05, 3.63) is 0 Å². The number of hydrogen-bond donors (Lipinski definition) is 0. The van der Waals surface area contributed by atoms with Crippen molar-refractivity contribution in [3.63, 3.8) is 0 Å². The number of hydrogen-bond acceptors (Lipinski definition) is 1. The van der Waals surface area contributed by atoms with E-state index in [1.165, 1.54) is 37.8 Å². The molecule has 0 heterocycles. The van der Waals surface area contributed by atoms with Crippen LogP contribution < -0.4 is 0 Å². The van der Waals surface area contributed by atoms with Gasteiger partial charge in [0.15, 0.2) is 7.38 Å². The molecule has 0 aromatic heterocycles. The lowest BCUT2D eigenvalue weighted by molar-refractivity contribution is 0.333. The molecular weight excluding hydrogens is 264 g/mol. The van der Waals surface area contributed by atoms with E-state index < -0.39 is 7.38 Å². The first-order valence-corrected chi connectivity index (χ1v) is 12.0. The molecule has 0 amide bonds. The van der Waals surface area contributed by atoms with Crippen molar-refractivity contribution in [1.29, 1.82) is 0 Å². The minimum Gasteiger partial charge on any atom is -0.417 e. The third-order valence-corrected chi connectivity index (χ3v) is 9.93. The van der Waals surface area contributed by atoms with Gasteiger partial charge in [-0.1, -0.05) is 53.0 Å². The molecule has 2 radical (unpaired) electrons. The summed E-state index contributed by atoms with van der Waals surface area (Å²) < 4.78 is 5.68. The maximum absolute atomic E-state index is 6.55. The van der Waals surface area contributed by atoms with Crippen molar-refractivity contribution in [3.8, 4) is 0 Å². The minimum atomic E-state index is -1.47. The van der Waals surface area contributed by atoms with Gasteiger partial charge in [-0.25, -0.2) is 0 Å². The Balaban J connectivity index is 3.24. The van der Waals surface area contributed by atoms with E-state index in [-0.39, 0.29) is 0 Å². The summed E-state index contributed by atoms with van der Waals surface area (Å²) in [5.74, 6) is 0. The summed E-state index contributed by atoms with van der Waals surface area (Å²) in [4.78, 5) is 0. The molecule has 0 aliphatic carbocycles. The first-order valence-electron chi connectivity index (χ1n) is 7.04. The molecule has 0 bridgehead atoms. The van der Waals surface area contributed by atoms with Gasteiger partial charge in [0.05, 0.1) is 0 Å². The Hall–Kier alpha value is 0.684. The fourth-order valence-corrected chi connectivity index (χ4v) is 4.19. The lowest BCUT2D eigenvalue weighted by Gasteiger charge is -2.23. The summed E-state index contributed by atoms with van der Waals surface area (Å²) in [6.07, 6.45) is 6.53. The highest BCUT2D eigenvalue weighted by atomic mass is 35.6. The number of rotatable bonds is 11. The topological polar surface area (TPSA) is 9.23 Å². The number of halogens is 1. The van der Waals surface area contributed by atoms with Gasteiger partial charge in [-0.3, -0.25) is 0 Å². The highest BCUT2D eigenvalue weighted by Crippen LogP contribution is 2.29. The Morgan fingerprint density at radius 1 is 1.18 bits per heavy atom. The highest BCUT2D eigenvalue weighted by molar-refractivity contribution is 7.20. The van der Waals surface area contributed by atoms with Crippen LogP contribution in [0.3, 0.4) is 0 Å². The molecule has 0 aromatic rings. The number of unbranched alkanes of at least 4 members (excludes halogenated alkanes) is 3. The Labute approximate surface area is 116 Å². The molecule has 17 heavy (non-hydrogen) atoms. The molecule has 0 N–H and O–H groups in total. The summed E-state index contributed by atoms with van der Waals surface area (Å²) >= 11 is 6.55. The second-order valence-electron chi connectivity index (χ2n) is 5.34. The van der Waals surface area contributed by atoms with Crippen molar-refractivity contribution in [1.82, 2.24) is 0 Å². The largest absolute Gasteiger partial charge is 0.417 e. The van der Waals surface area contributed by atoms with Crippen molar-refractivity contribution >= 4 is 28.2 Å². The van der Waals surface area contributed by atoms with Gasteiger partial charge < -0.3 is 4.43 Å². The second-order valence-corrected chi connectivity index (χ2v) is 13.2. The monoisotopic (exact) mass is 292 g/mol. The van der Waals surface area contributed by atoms with Crippen LogP contribution in [0.2, 0.25) is 24.2 Å². The summed E-state index contributed by atoms with van der Waals surface area (Å²) in [6, 6.07) is 2.44. The smallest absolute Gasteiger partial charge is 0.229 e. The average molecular weight is 293 g/mol. The first kappa shape index (κ1) is 17.7. The van der Waals surface area contributed by atoms with Gasteiger partial charge >= 0.3 is 0 Å². The summed E-state index contributed by atoms with van der Waals surface area (Å²) in [7, 11) is -0.768. The molecule has 0 spiro atoms. The third-order valence-electron chi connectivity index (χ3n) is 3.35. The normalized spacial score (nSPS) is 15.2. The minimum absolute atomic E-state index is 0.667. The van der Waals surface area contributed by atoms with Gasteiger partial charge in [0, 0.05) is 6.61 Å². The molecule has 0 saturated carbocycles. The average Bonchev–Trinajstić information content (AvgIpc) is 2.26. The van der Waals surface area contributed by atoms with Gasteiger partial charge in [0.25, 0.3) is 0 Å². The van der Waals surface area contributed by atoms with Gasteiger partial charge in [0.2, 0.25) is 9.76 Å². The molecule has 0 aliphatic rings. The Kier molecular flexibility index (Phi) is 11.0. The van der Waals surface area contributed by atoms with E-state index in [0.717, 1.165) is 13.0 Å². The van der Waals surface area contributed by atoms with E-state index in [2.05, 4.69) is 27.3 Å². The second kappa shape index (κ2) is 10.6. The molecule has 0 aliphatic heterocycles. The van der Waals surface area contributed by atoms with Crippen LogP contribution in [0.25, 0.3) is 0 Å². The van der Waals surface area contributed by atoms with Crippen LogP contribution in [0.15, 0.2) is 0 Å². The van der Waals surface area contributed by atoms with Crippen LogP contribution in [0, 0.1) is 0 Å². The van der Waals surface area contributed by atoms with Crippen molar-refractivity contribution in [2.24, 2.45) is 0 Å². The van der Waals surface area contributed by atoms with E-state index in [4.69, 9.17) is 15.5 Å². The van der Waals surface area contributed by atoms with Crippen molar-refractivity contribution < 1.29 is 4.43 Å². The lowest BCUT2D eigenvalue weighted by atomic mass is 10.2. The van der Waals surface area contributed by atoms with Crippen LogP contribution in [0.1, 0.15) is 52.9 Å². The first-order chi connectivity index (χ1) is 8.00. The zero-order valence-corrected chi connectivity index (χ0v) is 14.8. The predicted molar refractivity (Wildman–Crippen MR) is 82.6 cm³/mol. The summed E-state index contributed by atoms with van der Waals surface area (Å²) in [5, 5.41) is 0. The molecule has 1 nitrogen and oxygen atoms in total. The van der Waals surface area contributed by atoms with E-state index in [1.807, 2.05) is 0 Å². The summed E-state index contributed by atoms with van der Waals surface area (Å²) in [6.45, 7) is 9.92. The quantitative estimate of drug-likeness (QED) is 0.288. The summed E-state index contributed by atoms with van der Waals surface area (Å²) in [5.41, 5.74) is 0.667. The van der Waals surface area contributed by atoms with Crippen LogP contribution in [0.4, 0.5) is 0 Å². The SMILES string of the molecule is CCCCCC[Si]OCCC[Si](C)(Cl)C(C)C. The van der Waals surface area contributed by atoms with E-state index in [9.17, 15) is 0 Å². The molecule has 4 heteroatoms. The molecule has 102 valence electrons. The Bertz CT molecular complexity index is 175. The van der Waals surface area contributed by atoms with Crippen LogP contribution in [0.5, 0.6) is 0 Å². The Morgan fingerprint density at radius 3 is 2.47 bits per heavy atom. The highest BCUT2D eigenvalue weighted by Gasteiger charge is 2.27. The molecule has 0 saturated heterocycles. The van der Waals surface area contributed by atoms with E-state index >= 15 is 0 Å². The molecule has 0 fully saturated rings. The van der Waals surface area contributed by atoms with Gasteiger partial charge in [-0.2, -0.15) is 11.1 Å². The standard InChI is InChI=1S/C13H29ClOSi2/c1-5-6-7-8-11-16-15-10-9-12-17(4,14)13(2)3/h13H,5-12H2,1-4H3. The Morgan fingerprint density at radius 2 is 1.88 bits per heavy atom. The van der Waals surface area contributed by atoms with Gasteiger partial charge in [0.1, 0.15) is 0 Å². The fraction of sp³-hybridized carbons (Fsp3) is 1.00. The van der Waals surface area contributed by atoms with Crippen molar-refractivity contribution in [2.45, 2.75) is 77.1 Å².